The summed E-state index contributed by atoms with van der Waals surface area (Å²) in [6.07, 6.45) is -0.0943. The summed E-state index contributed by atoms with van der Waals surface area (Å²) in [6.45, 7) is -0.144. The summed E-state index contributed by atoms with van der Waals surface area (Å²) in [5, 5.41) is 2.60. The van der Waals surface area contributed by atoms with Gasteiger partial charge in [0.25, 0.3) is 0 Å². The molecular weight excluding hydrogens is 276 g/mol. The topological polar surface area (TPSA) is 113 Å². The number of benzene rings is 1. The highest BCUT2D eigenvalue weighted by Gasteiger charge is 2.41. The van der Waals surface area contributed by atoms with E-state index in [1.165, 1.54) is 7.05 Å². The highest BCUT2D eigenvalue weighted by atomic mass is 16.2. The van der Waals surface area contributed by atoms with E-state index in [9.17, 15) is 19.2 Å². The number of nitrogens with one attached hydrogen (secondary N) is 1. The maximum absolute atomic E-state index is 11.7. The first-order valence-electron chi connectivity index (χ1n) is 6.19. The van der Waals surface area contributed by atoms with Gasteiger partial charge in [-0.2, -0.15) is 0 Å². The molecule has 0 atom stereocenters. The van der Waals surface area contributed by atoms with Gasteiger partial charge in [-0.05, 0) is 24.3 Å². The fourth-order valence-electron chi connectivity index (χ4n) is 1.81. The van der Waals surface area contributed by atoms with Crippen LogP contribution < -0.4 is 11.1 Å². The van der Waals surface area contributed by atoms with Gasteiger partial charge in [0.15, 0.2) is 0 Å². The number of amides is 5. The quantitative estimate of drug-likeness (QED) is 0.461. The van der Waals surface area contributed by atoms with E-state index in [4.69, 9.17) is 5.73 Å². The van der Waals surface area contributed by atoms with Crippen molar-refractivity contribution in [2.45, 2.75) is 6.42 Å². The number of urea groups is 1. The van der Waals surface area contributed by atoms with E-state index in [0.717, 1.165) is 9.80 Å². The average Bonchev–Trinajstić information content (AvgIpc) is 2.64. The second-order valence-corrected chi connectivity index (χ2v) is 4.52. The summed E-state index contributed by atoms with van der Waals surface area (Å²) in [7, 11) is 1.22. The molecule has 0 unspecified atom stereocenters. The Morgan fingerprint density at radius 3 is 2.29 bits per heavy atom. The SMILES string of the molecule is CN1C(=O)C(=O)N(CCC(=O)Nc2ccc(N)cc2)C1=O. The molecule has 2 rings (SSSR count). The summed E-state index contributed by atoms with van der Waals surface area (Å²) in [5.74, 6) is -2.18. The molecule has 0 spiro atoms. The third-order valence-corrected chi connectivity index (χ3v) is 3.01. The van der Waals surface area contributed by atoms with Gasteiger partial charge >= 0.3 is 17.8 Å². The molecule has 0 bridgehead atoms. The van der Waals surface area contributed by atoms with E-state index >= 15 is 0 Å². The Labute approximate surface area is 120 Å². The zero-order chi connectivity index (χ0) is 15.6. The van der Waals surface area contributed by atoms with Gasteiger partial charge in [-0.3, -0.25) is 24.2 Å². The molecule has 0 saturated carbocycles. The molecule has 1 fully saturated rings. The van der Waals surface area contributed by atoms with Crippen molar-refractivity contribution in [1.82, 2.24) is 9.80 Å². The summed E-state index contributed by atoms with van der Waals surface area (Å²) >= 11 is 0. The molecule has 110 valence electrons. The van der Waals surface area contributed by atoms with Crippen LogP contribution in [-0.4, -0.2) is 47.1 Å². The smallest absolute Gasteiger partial charge is 0.333 e. The van der Waals surface area contributed by atoms with Crippen LogP contribution in [-0.2, 0) is 14.4 Å². The minimum atomic E-state index is -0.914. The second-order valence-electron chi connectivity index (χ2n) is 4.52. The second kappa shape index (κ2) is 5.61. The first kappa shape index (κ1) is 14.5. The largest absolute Gasteiger partial charge is 0.399 e. The zero-order valence-corrected chi connectivity index (χ0v) is 11.3. The lowest BCUT2D eigenvalue weighted by atomic mass is 10.2. The van der Waals surface area contributed by atoms with Crippen molar-refractivity contribution in [2.75, 3.05) is 24.6 Å². The van der Waals surface area contributed by atoms with Crippen molar-refractivity contribution in [1.29, 1.82) is 0 Å². The number of nitrogen functional groups attached to an aromatic ring is 1. The predicted molar refractivity (Wildman–Crippen MR) is 74.0 cm³/mol. The molecule has 1 aliphatic rings. The Morgan fingerprint density at radius 2 is 1.76 bits per heavy atom. The van der Waals surface area contributed by atoms with Crippen molar-refractivity contribution < 1.29 is 19.2 Å². The number of hydrogen-bond acceptors (Lipinski definition) is 5. The van der Waals surface area contributed by atoms with E-state index in [-0.39, 0.29) is 18.9 Å². The van der Waals surface area contributed by atoms with E-state index in [1.807, 2.05) is 0 Å². The molecule has 5 amide bonds. The highest BCUT2D eigenvalue weighted by Crippen LogP contribution is 2.12. The Kier molecular flexibility index (Phi) is 3.88. The third-order valence-electron chi connectivity index (χ3n) is 3.01. The number of carbonyl (C=O) groups excluding carboxylic acids is 4. The third kappa shape index (κ3) is 2.99. The minimum Gasteiger partial charge on any atom is -0.399 e. The van der Waals surface area contributed by atoms with Gasteiger partial charge in [0.2, 0.25) is 5.91 Å². The van der Waals surface area contributed by atoms with E-state index < -0.39 is 17.8 Å². The number of nitrogens with zero attached hydrogens (tertiary/aromatic N) is 2. The normalized spacial score (nSPS) is 14.8. The Balaban J connectivity index is 1.90. The zero-order valence-electron chi connectivity index (χ0n) is 11.3. The average molecular weight is 290 g/mol. The van der Waals surface area contributed by atoms with Crippen molar-refractivity contribution in [3.05, 3.63) is 24.3 Å². The van der Waals surface area contributed by atoms with Gasteiger partial charge in [-0.1, -0.05) is 0 Å². The maximum Gasteiger partial charge on any atom is 0.333 e. The standard InChI is InChI=1S/C13H14N4O4/c1-16-11(19)12(20)17(13(16)21)7-6-10(18)15-9-4-2-8(14)3-5-9/h2-5H,6-7,14H2,1H3,(H,15,18). The van der Waals surface area contributed by atoms with Crippen LogP contribution in [0.3, 0.4) is 0 Å². The van der Waals surface area contributed by atoms with Gasteiger partial charge in [-0.15, -0.1) is 0 Å². The van der Waals surface area contributed by atoms with Gasteiger partial charge < -0.3 is 11.1 Å². The van der Waals surface area contributed by atoms with Crippen molar-refractivity contribution >= 4 is 35.1 Å². The van der Waals surface area contributed by atoms with Crippen molar-refractivity contribution in [2.24, 2.45) is 0 Å². The maximum atomic E-state index is 11.7. The van der Waals surface area contributed by atoms with Gasteiger partial charge in [0, 0.05) is 31.4 Å². The molecule has 3 N–H and O–H groups in total. The molecule has 8 heteroatoms. The van der Waals surface area contributed by atoms with Gasteiger partial charge in [0.05, 0.1) is 0 Å². The van der Waals surface area contributed by atoms with Gasteiger partial charge in [-0.25, -0.2) is 4.79 Å². The van der Waals surface area contributed by atoms with Crippen LogP contribution in [0.15, 0.2) is 24.3 Å². The lowest BCUT2D eigenvalue weighted by Crippen LogP contribution is -2.34. The number of rotatable bonds is 4. The highest BCUT2D eigenvalue weighted by molar-refractivity contribution is 6.44. The van der Waals surface area contributed by atoms with Crippen LogP contribution in [0.25, 0.3) is 0 Å². The predicted octanol–water partition coefficient (Wildman–Crippen LogP) is 0.0180. The molecule has 1 aromatic carbocycles. The van der Waals surface area contributed by atoms with E-state index in [0.29, 0.717) is 11.4 Å². The molecule has 0 radical (unpaired) electrons. The fourth-order valence-corrected chi connectivity index (χ4v) is 1.81. The molecule has 21 heavy (non-hydrogen) atoms. The summed E-state index contributed by atoms with van der Waals surface area (Å²) in [6, 6.07) is 5.83. The van der Waals surface area contributed by atoms with Crippen LogP contribution >= 0.6 is 0 Å². The van der Waals surface area contributed by atoms with E-state index in [1.54, 1.807) is 24.3 Å². The molecule has 1 saturated heterocycles. The molecule has 1 heterocycles. The van der Waals surface area contributed by atoms with Crippen LogP contribution in [0.5, 0.6) is 0 Å². The Morgan fingerprint density at radius 1 is 1.14 bits per heavy atom. The van der Waals surface area contributed by atoms with Crippen LogP contribution in [0.2, 0.25) is 0 Å². The minimum absolute atomic E-state index is 0.0943. The molecule has 1 aliphatic heterocycles. The summed E-state index contributed by atoms with van der Waals surface area (Å²) in [4.78, 5) is 47.6. The van der Waals surface area contributed by atoms with Crippen LogP contribution in [0, 0.1) is 0 Å². The Hall–Kier alpha value is -2.90. The van der Waals surface area contributed by atoms with Crippen molar-refractivity contribution in [3.63, 3.8) is 0 Å². The number of nitrogens with two attached hydrogens (primary N) is 1. The number of likely N-dealkylation sites (N-methyl/N-ethyl adjacent to an activating group) is 1. The number of anilines is 2. The molecule has 1 aromatic rings. The van der Waals surface area contributed by atoms with Crippen LogP contribution in [0.1, 0.15) is 6.42 Å². The summed E-state index contributed by atoms with van der Waals surface area (Å²) < 4.78 is 0. The molecule has 0 aromatic heterocycles. The van der Waals surface area contributed by atoms with Crippen molar-refractivity contribution in [3.8, 4) is 0 Å². The molecule has 0 aliphatic carbocycles. The van der Waals surface area contributed by atoms with Crippen LogP contribution in [0.4, 0.5) is 16.2 Å². The number of hydrogen-bond donors (Lipinski definition) is 2. The number of carbonyl (C=O) groups is 4. The summed E-state index contributed by atoms with van der Waals surface area (Å²) in [5.41, 5.74) is 6.65. The first-order chi connectivity index (χ1) is 9.90. The lowest BCUT2D eigenvalue weighted by Gasteiger charge is -2.12. The first-order valence-corrected chi connectivity index (χ1v) is 6.19. The molecule has 8 nitrogen and oxygen atoms in total. The Bertz CT molecular complexity index is 611. The lowest BCUT2D eigenvalue weighted by molar-refractivity contribution is -0.142. The van der Waals surface area contributed by atoms with E-state index in [2.05, 4.69) is 5.32 Å². The number of imide groups is 2. The van der Waals surface area contributed by atoms with Gasteiger partial charge in [0.1, 0.15) is 0 Å². The fraction of sp³-hybridized carbons (Fsp3) is 0.231. The monoisotopic (exact) mass is 290 g/mol. The molecular formula is C13H14N4O4.